The van der Waals surface area contributed by atoms with Crippen molar-refractivity contribution >= 4 is 55.6 Å². The Morgan fingerprint density at radius 1 is 0.515 bits per heavy atom. The number of tetrazole rings is 2. The molecular formula is C42H62N14Ni2O6S4+2. The Morgan fingerprint density at radius 2 is 0.809 bits per heavy atom. The van der Waals surface area contributed by atoms with Crippen molar-refractivity contribution in [3.8, 4) is 34.5 Å². The minimum Gasteiger partial charge on any atom is -0.872 e. The smallest absolute Gasteiger partial charge is 0.872 e. The Labute approximate surface area is 431 Å². The van der Waals surface area contributed by atoms with Crippen LogP contribution in [0.25, 0.3) is 23.0 Å². The molecule has 0 amide bonds. The Kier molecular flexibility index (Phi) is 47.4. The first kappa shape index (κ1) is 69.9. The van der Waals surface area contributed by atoms with Crippen LogP contribution >= 0.6 is 0 Å². The molecule has 378 valence electrons. The second-order valence-corrected chi connectivity index (χ2v) is 19.5. The third-order valence-corrected chi connectivity index (χ3v) is 6.08. The Bertz CT molecular complexity index is 2040. The molecule has 4 aromatic heterocycles. The Morgan fingerprint density at radius 3 is 1.04 bits per heavy atom. The van der Waals surface area contributed by atoms with Crippen LogP contribution in [0.1, 0.15) is 11.1 Å². The van der Waals surface area contributed by atoms with E-state index in [-0.39, 0.29) is 44.5 Å². The monoisotopic (exact) mass is 1100 g/mol. The molecule has 0 atom stereocenters. The number of hydrogen-bond donors (Lipinski definition) is 0. The maximum atomic E-state index is 11.2. The third-order valence-electron chi connectivity index (χ3n) is 6.08. The van der Waals surface area contributed by atoms with Crippen molar-refractivity contribution < 1.29 is 60.0 Å². The van der Waals surface area contributed by atoms with Crippen LogP contribution in [-0.2, 0) is 76.2 Å². The zero-order chi connectivity index (χ0) is 50.1. The van der Waals surface area contributed by atoms with Crippen LogP contribution < -0.4 is 20.4 Å². The van der Waals surface area contributed by atoms with Crippen molar-refractivity contribution in [3.05, 3.63) is 108 Å². The summed E-state index contributed by atoms with van der Waals surface area (Å²) in [6.07, 6.45) is 19.7. The van der Waals surface area contributed by atoms with Gasteiger partial charge in [-0.25, -0.2) is 0 Å². The van der Waals surface area contributed by atoms with Crippen molar-refractivity contribution in [1.29, 1.82) is 0 Å². The quantitative estimate of drug-likeness (QED) is 0.138. The van der Waals surface area contributed by atoms with Gasteiger partial charge in [0, 0.05) is 131 Å². The molecule has 0 bridgehead atoms. The first-order chi connectivity index (χ1) is 31.3. The second kappa shape index (κ2) is 46.1. The van der Waals surface area contributed by atoms with Crippen LogP contribution in [0, 0.1) is 0 Å². The van der Waals surface area contributed by atoms with E-state index in [2.05, 4.69) is 71.0 Å². The molecule has 6 aromatic rings. The minimum atomic E-state index is -0.611. The molecule has 68 heavy (non-hydrogen) atoms. The van der Waals surface area contributed by atoms with Gasteiger partial charge in [0.2, 0.25) is 0 Å². The number of nitrogens with zero attached hydrogens (tertiary/aromatic N) is 14. The molecule has 0 fully saturated rings. The van der Waals surface area contributed by atoms with E-state index in [4.69, 9.17) is 0 Å². The van der Waals surface area contributed by atoms with Gasteiger partial charge >= 0.3 is 33.0 Å². The summed E-state index contributed by atoms with van der Waals surface area (Å²) in [5, 5.41) is 50.5. The summed E-state index contributed by atoms with van der Waals surface area (Å²) in [6.45, 7) is 3.25. The van der Waals surface area contributed by atoms with E-state index >= 15 is 0 Å². The molecule has 0 aliphatic rings. The molecular weight excluding hydrogens is 1040 g/mol. The average molecular weight is 1100 g/mol. The molecule has 0 N–H and O–H groups in total. The number of para-hydroxylation sites is 2. The van der Waals surface area contributed by atoms with Crippen LogP contribution in [-0.4, -0.2) is 184 Å². The van der Waals surface area contributed by atoms with Crippen molar-refractivity contribution in [2.45, 2.75) is 0 Å². The van der Waals surface area contributed by atoms with Crippen molar-refractivity contribution in [2.75, 3.05) is 104 Å². The molecule has 0 saturated carbocycles. The molecule has 0 saturated heterocycles. The van der Waals surface area contributed by atoms with Crippen LogP contribution in [0.4, 0.5) is 0 Å². The molecule has 0 aliphatic heterocycles. The predicted octanol–water partition coefficient (Wildman–Crippen LogP) is 1.24. The van der Waals surface area contributed by atoms with Gasteiger partial charge in [-0.2, -0.15) is 10.4 Å². The fourth-order valence-corrected chi connectivity index (χ4v) is 3.50. The van der Waals surface area contributed by atoms with Crippen molar-refractivity contribution in [2.24, 2.45) is 9.98 Å². The number of aliphatic imine (C=N–C) groups is 2. The molecule has 2 radical (unpaired) electrons. The molecule has 0 spiro atoms. The van der Waals surface area contributed by atoms with E-state index in [1.165, 1.54) is 0 Å². The van der Waals surface area contributed by atoms with Gasteiger partial charge in [0.25, 0.3) is 0 Å². The van der Waals surface area contributed by atoms with Crippen LogP contribution in [0.3, 0.4) is 0 Å². The SMILES string of the molecule is CN(C)CCN=Cc1ccccc1[O-].CN(C)CCN=Cc1ccccc1[O-].CS(C)=O.CS(C)=O.CS(C)=O.CS(C)=O.[Ni+3].[Ni+3].c1ccc(-c2nnn[n-]2)nc1.c1ccc(-c2nnn[n-]2)nc1. The molecule has 0 aliphatic carbocycles. The fraction of sp³-hybridized carbons (Fsp3) is 0.381. The van der Waals surface area contributed by atoms with E-state index in [9.17, 15) is 27.0 Å². The summed E-state index contributed by atoms with van der Waals surface area (Å²) in [6, 6.07) is 24.8. The molecule has 20 nitrogen and oxygen atoms in total. The van der Waals surface area contributed by atoms with Gasteiger partial charge in [0.15, 0.2) is 0 Å². The summed E-state index contributed by atoms with van der Waals surface area (Å²) >= 11 is 0. The van der Waals surface area contributed by atoms with Gasteiger partial charge in [-0.05, 0) is 63.6 Å². The predicted molar refractivity (Wildman–Crippen MR) is 267 cm³/mol. The summed E-state index contributed by atoms with van der Waals surface area (Å²) in [5.74, 6) is 0.985. The summed E-state index contributed by atoms with van der Waals surface area (Å²) in [7, 11) is 5.54. The molecule has 2 aromatic carbocycles. The maximum Gasteiger partial charge on any atom is 3.00 e. The minimum absolute atomic E-state index is 0. The molecule has 26 heteroatoms. The number of rotatable bonds is 10. The van der Waals surface area contributed by atoms with E-state index in [1.54, 1.807) is 123 Å². The van der Waals surface area contributed by atoms with Crippen molar-refractivity contribution in [1.82, 2.24) is 61.0 Å². The fourth-order valence-electron chi connectivity index (χ4n) is 3.50. The van der Waals surface area contributed by atoms with E-state index in [1.807, 2.05) is 64.6 Å². The Hall–Kier alpha value is -4.67. The van der Waals surface area contributed by atoms with Gasteiger partial charge in [0.1, 0.15) is 0 Å². The summed E-state index contributed by atoms with van der Waals surface area (Å²) in [5.41, 5.74) is 2.70. The number of benzene rings is 2. The van der Waals surface area contributed by atoms with E-state index in [0.29, 0.717) is 34.2 Å². The first-order valence-electron chi connectivity index (χ1n) is 19.3. The van der Waals surface area contributed by atoms with Gasteiger partial charge in [-0.1, -0.05) is 60.7 Å². The van der Waals surface area contributed by atoms with Crippen molar-refractivity contribution in [3.63, 3.8) is 0 Å². The standard InChI is InChI=1S/2C11H16N2O.2C6H4N5.4C2H6OS.2Ni/c2*1-13(2)8-7-12-9-10-5-3-4-6-11(10)14;2*1-2-4-7-5(3-1)6-8-10-11-9-6;4*1-4(2)3;;/h2*3-6,9,14H,7-8H2,1-2H3;2*1-4H;4*1-2H3;;/q;;2*-1;;;;;2*+3/p-2. The second-order valence-electron chi connectivity index (χ2n) is 13.6. The molecule has 0 unspecified atom stereocenters. The normalized spacial score (nSPS) is 9.91. The summed E-state index contributed by atoms with van der Waals surface area (Å²) in [4.78, 5) is 20.5. The number of hydrogen-bond acceptors (Lipinski definition) is 18. The Balaban J connectivity index is -0.000000361. The average Bonchev–Trinajstić information content (AvgIpc) is 4.00. The number of pyridine rings is 2. The zero-order valence-corrected chi connectivity index (χ0v) is 45.4. The van der Waals surface area contributed by atoms with E-state index < -0.39 is 43.2 Å². The van der Waals surface area contributed by atoms with Gasteiger partial charge in [0.05, 0.1) is 36.1 Å². The van der Waals surface area contributed by atoms with Gasteiger partial charge in [-0.15, -0.1) is 11.5 Å². The van der Waals surface area contributed by atoms with E-state index in [0.717, 1.165) is 26.2 Å². The molecule has 6 rings (SSSR count). The van der Waals surface area contributed by atoms with Crippen LogP contribution in [0.5, 0.6) is 11.5 Å². The van der Waals surface area contributed by atoms with Crippen LogP contribution in [0.15, 0.2) is 107 Å². The first-order valence-corrected chi connectivity index (χ1v) is 27.1. The zero-order valence-electron chi connectivity index (χ0n) is 40.2. The maximum absolute atomic E-state index is 11.2. The van der Waals surface area contributed by atoms with Gasteiger partial charge in [-0.3, -0.25) is 57.4 Å². The number of aromatic nitrogens is 10. The topological polar surface area (TPSA) is 277 Å². The third kappa shape index (κ3) is 46.4. The summed E-state index contributed by atoms with van der Waals surface area (Å²) < 4.78 is 38.2. The molecule has 4 heterocycles. The number of likely N-dealkylation sites (N-methyl/N-ethyl adjacent to an activating group) is 2. The largest absolute Gasteiger partial charge is 3.00 e. The van der Waals surface area contributed by atoms with Gasteiger partial charge < -0.3 is 30.2 Å². The van der Waals surface area contributed by atoms with Crippen LogP contribution in [0.2, 0.25) is 0 Å².